The van der Waals surface area contributed by atoms with E-state index in [1.807, 2.05) is 0 Å². The Morgan fingerprint density at radius 2 is 1.87 bits per heavy atom. The Kier molecular flexibility index (Phi) is 3.59. The van der Waals surface area contributed by atoms with Gasteiger partial charge in [-0.25, -0.2) is 0 Å². The predicted molar refractivity (Wildman–Crippen MR) is 57.9 cm³/mol. The second-order valence-electron chi connectivity index (χ2n) is 4.58. The number of rotatable bonds is 4. The maximum atomic E-state index is 11.0. The summed E-state index contributed by atoms with van der Waals surface area (Å²) >= 11 is 0. The molecule has 2 rings (SSSR count). The first kappa shape index (κ1) is 10.9. The van der Waals surface area contributed by atoms with Crippen LogP contribution in [0.25, 0.3) is 0 Å². The molecule has 2 aliphatic rings. The van der Waals surface area contributed by atoms with Crippen molar-refractivity contribution in [2.24, 2.45) is 0 Å². The molecule has 15 heavy (non-hydrogen) atoms. The number of hydrogen-bond acceptors (Lipinski definition) is 3. The van der Waals surface area contributed by atoms with E-state index in [1.165, 1.54) is 25.9 Å². The molecule has 0 aliphatic carbocycles. The summed E-state index contributed by atoms with van der Waals surface area (Å²) in [5.41, 5.74) is 0. The molecule has 2 saturated heterocycles. The summed E-state index contributed by atoms with van der Waals surface area (Å²) in [4.78, 5) is 15.5. The third-order valence-electron chi connectivity index (χ3n) is 3.55. The van der Waals surface area contributed by atoms with Crippen LogP contribution >= 0.6 is 0 Å². The number of likely N-dealkylation sites (tertiary alicyclic amines) is 2. The first-order valence-corrected chi connectivity index (χ1v) is 5.96. The standard InChI is InChI=1S/C11H20N2O2/c14-11(15)10-4-3-7-13(10)9-8-12-5-1-2-6-12/h10H,1-9H2,(H,14,15). The van der Waals surface area contributed by atoms with E-state index in [1.54, 1.807) is 0 Å². The lowest BCUT2D eigenvalue weighted by Gasteiger charge is -2.24. The van der Waals surface area contributed by atoms with Crippen LogP contribution in [0.3, 0.4) is 0 Å². The Labute approximate surface area is 90.9 Å². The number of carboxylic acids is 1. The lowest BCUT2D eigenvalue weighted by atomic mass is 10.2. The maximum Gasteiger partial charge on any atom is 0.320 e. The van der Waals surface area contributed by atoms with Gasteiger partial charge in [0.2, 0.25) is 0 Å². The highest BCUT2D eigenvalue weighted by Gasteiger charge is 2.30. The van der Waals surface area contributed by atoms with E-state index < -0.39 is 5.97 Å². The molecule has 0 aromatic rings. The second-order valence-corrected chi connectivity index (χ2v) is 4.58. The molecule has 0 radical (unpaired) electrons. The van der Waals surface area contributed by atoms with E-state index in [4.69, 9.17) is 5.11 Å². The molecule has 0 spiro atoms. The monoisotopic (exact) mass is 212 g/mol. The van der Waals surface area contributed by atoms with Crippen LogP contribution in [0, 0.1) is 0 Å². The number of carboxylic acid groups (broad SMARTS) is 1. The summed E-state index contributed by atoms with van der Waals surface area (Å²) in [6.07, 6.45) is 4.48. The zero-order valence-corrected chi connectivity index (χ0v) is 9.19. The lowest BCUT2D eigenvalue weighted by molar-refractivity contribution is -0.142. The largest absolute Gasteiger partial charge is 0.480 e. The van der Waals surface area contributed by atoms with Crippen molar-refractivity contribution in [3.05, 3.63) is 0 Å². The third-order valence-corrected chi connectivity index (χ3v) is 3.55. The lowest BCUT2D eigenvalue weighted by Crippen LogP contribution is -2.40. The van der Waals surface area contributed by atoms with Gasteiger partial charge in [-0.1, -0.05) is 0 Å². The predicted octanol–water partition coefficient (Wildman–Crippen LogP) is 0.631. The molecule has 0 aromatic carbocycles. The number of aliphatic carboxylic acids is 1. The Morgan fingerprint density at radius 3 is 2.53 bits per heavy atom. The molecule has 86 valence electrons. The fourth-order valence-electron chi connectivity index (χ4n) is 2.65. The van der Waals surface area contributed by atoms with Gasteiger partial charge in [0.25, 0.3) is 0 Å². The Morgan fingerprint density at radius 1 is 1.13 bits per heavy atom. The molecule has 0 saturated carbocycles. The van der Waals surface area contributed by atoms with Crippen molar-refractivity contribution in [2.75, 3.05) is 32.7 Å². The van der Waals surface area contributed by atoms with Crippen LogP contribution in [0.1, 0.15) is 25.7 Å². The third kappa shape index (κ3) is 2.69. The van der Waals surface area contributed by atoms with Gasteiger partial charge in [-0.05, 0) is 45.3 Å². The van der Waals surface area contributed by atoms with Gasteiger partial charge in [-0.3, -0.25) is 9.69 Å². The highest BCUT2D eigenvalue weighted by atomic mass is 16.4. The van der Waals surface area contributed by atoms with Crippen molar-refractivity contribution in [2.45, 2.75) is 31.7 Å². The van der Waals surface area contributed by atoms with Crippen molar-refractivity contribution in [1.82, 2.24) is 9.80 Å². The highest BCUT2D eigenvalue weighted by molar-refractivity contribution is 5.73. The first-order valence-electron chi connectivity index (χ1n) is 5.96. The van der Waals surface area contributed by atoms with Crippen LogP contribution in [0.15, 0.2) is 0 Å². The van der Waals surface area contributed by atoms with Crippen LogP contribution in [-0.2, 0) is 4.79 Å². The molecular weight excluding hydrogens is 192 g/mol. The van der Waals surface area contributed by atoms with E-state index in [9.17, 15) is 4.79 Å². The minimum Gasteiger partial charge on any atom is -0.480 e. The maximum absolute atomic E-state index is 11.0. The van der Waals surface area contributed by atoms with Gasteiger partial charge >= 0.3 is 5.97 Å². The summed E-state index contributed by atoms with van der Waals surface area (Å²) in [7, 11) is 0. The van der Waals surface area contributed by atoms with Crippen LogP contribution in [0.4, 0.5) is 0 Å². The Bertz CT molecular complexity index is 227. The number of nitrogens with zero attached hydrogens (tertiary/aromatic N) is 2. The van der Waals surface area contributed by atoms with Crippen molar-refractivity contribution < 1.29 is 9.90 Å². The van der Waals surface area contributed by atoms with Crippen LogP contribution in [-0.4, -0.2) is 59.6 Å². The summed E-state index contributed by atoms with van der Waals surface area (Å²) < 4.78 is 0. The fraction of sp³-hybridized carbons (Fsp3) is 0.909. The van der Waals surface area contributed by atoms with Crippen molar-refractivity contribution in [1.29, 1.82) is 0 Å². The normalized spacial score (nSPS) is 28.7. The summed E-state index contributed by atoms with van der Waals surface area (Å²) in [5, 5.41) is 9.02. The average Bonchev–Trinajstić information content (AvgIpc) is 2.86. The SMILES string of the molecule is O=C(O)C1CCCN1CCN1CCCC1. The highest BCUT2D eigenvalue weighted by Crippen LogP contribution is 2.17. The van der Waals surface area contributed by atoms with Gasteiger partial charge in [0.05, 0.1) is 0 Å². The smallest absolute Gasteiger partial charge is 0.320 e. The van der Waals surface area contributed by atoms with Crippen molar-refractivity contribution >= 4 is 5.97 Å². The zero-order chi connectivity index (χ0) is 10.7. The van der Waals surface area contributed by atoms with Crippen molar-refractivity contribution in [3.63, 3.8) is 0 Å². The molecule has 2 heterocycles. The molecule has 2 aliphatic heterocycles. The molecule has 1 unspecified atom stereocenters. The second kappa shape index (κ2) is 4.94. The molecule has 0 aromatic heterocycles. The summed E-state index contributed by atoms with van der Waals surface area (Å²) in [6, 6.07) is -0.215. The van der Waals surface area contributed by atoms with E-state index in [0.717, 1.165) is 32.5 Å². The van der Waals surface area contributed by atoms with Gasteiger partial charge in [-0.2, -0.15) is 0 Å². The minimum atomic E-state index is -0.645. The van der Waals surface area contributed by atoms with E-state index in [2.05, 4.69) is 9.80 Å². The first-order chi connectivity index (χ1) is 7.27. The van der Waals surface area contributed by atoms with Crippen LogP contribution < -0.4 is 0 Å². The van der Waals surface area contributed by atoms with E-state index in [-0.39, 0.29) is 6.04 Å². The summed E-state index contributed by atoms with van der Waals surface area (Å²) in [5.74, 6) is -0.645. The molecule has 1 atom stereocenters. The Balaban J connectivity index is 1.75. The van der Waals surface area contributed by atoms with Gasteiger partial charge in [0, 0.05) is 13.1 Å². The average molecular weight is 212 g/mol. The molecule has 0 bridgehead atoms. The molecule has 4 nitrogen and oxygen atoms in total. The van der Waals surface area contributed by atoms with Crippen molar-refractivity contribution in [3.8, 4) is 0 Å². The van der Waals surface area contributed by atoms with E-state index >= 15 is 0 Å². The Hall–Kier alpha value is -0.610. The molecule has 4 heteroatoms. The molecular formula is C11H20N2O2. The quantitative estimate of drug-likeness (QED) is 0.742. The molecule has 1 N–H and O–H groups in total. The molecule has 2 fully saturated rings. The van der Waals surface area contributed by atoms with Gasteiger partial charge < -0.3 is 10.0 Å². The van der Waals surface area contributed by atoms with Gasteiger partial charge in [0.1, 0.15) is 6.04 Å². The summed E-state index contributed by atoms with van der Waals surface area (Å²) in [6.45, 7) is 5.34. The zero-order valence-electron chi connectivity index (χ0n) is 9.19. The van der Waals surface area contributed by atoms with Crippen LogP contribution in [0.2, 0.25) is 0 Å². The van der Waals surface area contributed by atoms with E-state index in [0.29, 0.717) is 0 Å². The number of hydrogen-bond donors (Lipinski definition) is 1. The topological polar surface area (TPSA) is 43.8 Å². The number of carbonyl (C=O) groups is 1. The minimum absolute atomic E-state index is 0.215. The fourth-order valence-corrected chi connectivity index (χ4v) is 2.65. The van der Waals surface area contributed by atoms with Gasteiger partial charge in [0.15, 0.2) is 0 Å². The van der Waals surface area contributed by atoms with Crippen LogP contribution in [0.5, 0.6) is 0 Å². The molecule has 0 amide bonds. The van der Waals surface area contributed by atoms with Gasteiger partial charge in [-0.15, -0.1) is 0 Å².